The molecule has 1 N–H and O–H groups in total. The Hall–Kier alpha value is -2.57. The van der Waals surface area contributed by atoms with E-state index in [9.17, 15) is 19.5 Å². The number of furan rings is 1. The Labute approximate surface area is 195 Å². The summed E-state index contributed by atoms with van der Waals surface area (Å²) >= 11 is 0. The number of ether oxygens (including phenoxy) is 2. The summed E-state index contributed by atoms with van der Waals surface area (Å²) in [6.07, 6.45) is 4.44. The highest BCUT2D eigenvalue weighted by molar-refractivity contribution is 5.88. The Morgan fingerprint density at radius 3 is 2.61 bits per heavy atom. The fourth-order valence-electron chi connectivity index (χ4n) is 5.44. The molecular formula is C26H36O7. The first kappa shape index (κ1) is 25.1. The molecule has 33 heavy (non-hydrogen) atoms. The van der Waals surface area contributed by atoms with Gasteiger partial charge in [-0.1, -0.05) is 33.3 Å². The molecule has 6 unspecified atom stereocenters. The molecule has 6 atom stereocenters. The minimum atomic E-state index is -1.05. The summed E-state index contributed by atoms with van der Waals surface area (Å²) in [5.41, 5.74) is 1.07. The topological polar surface area (TPSA) is 103 Å². The number of carboxylic acids is 1. The van der Waals surface area contributed by atoms with Crippen LogP contribution in [0.25, 0.3) is 0 Å². The van der Waals surface area contributed by atoms with Gasteiger partial charge in [-0.2, -0.15) is 0 Å². The predicted molar refractivity (Wildman–Crippen MR) is 121 cm³/mol. The summed E-state index contributed by atoms with van der Waals surface area (Å²) in [4.78, 5) is 38.1. The standard InChI is InChI=1S/C26H36O7/c1-7-14(3)11-20(27)33-23-21-16(5)13-31-19(21)12-17-9-10-18(32-25(30)15(4)8-2)22(24(28)29)26(17,23)6/h8,13-14,17-18,22-23H,7,9-12H2,1-6H3,(H,28,29). The molecule has 3 rings (SSSR count). The van der Waals surface area contributed by atoms with Crippen molar-refractivity contribution in [3.8, 4) is 0 Å². The van der Waals surface area contributed by atoms with Crippen LogP contribution in [0.1, 0.15) is 83.3 Å². The zero-order valence-corrected chi connectivity index (χ0v) is 20.5. The van der Waals surface area contributed by atoms with Gasteiger partial charge in [0.05, 0.1) is 6.26 Å². The molecule has 0 aromatic carbocycles. The molecule has 1 saturated carbocycles. The number of fused-ring (bicyclic) bond motifs is 2. The lowest BCUT2D eigenvalue weighted by molar-refractivity contribution is -0.198. The molecule has 2 aliphatic carbocycles. The molecule has 7 nitrogen and oxygen atoms in total. The van der Waals surface area contributed by atoms with E-state index >= 15 is 0 Å². The maximum atomic E-state index is 12.9. The third kappa shape index (κ3) is 4.59. The van der Waals surface area contributed by atoms with E-state index in [0.29, 0.717) is 24.8 Å². The number of aryl methyl sites for hydroxylation is 1. The van der Waals surface area contributed by atoms with E-state index in [1.807, 2.05) is 27.7 Å². The summed E-state index contributed by atoms with van der Waals surface area (Å²) < 4.78 is 17.6. The van der Waals surface area contributed by atoms with Crippen molar-refractivity contribution in [2.75, 3.05) is 0 Å². The maximum absolute atomic E-state index is 12.9. The zero-order valence-electron chi connectivity index (χ0n) is 20.5. The smallest absolute Gasteiger partial charge is 0.333 e. The third-order valence-corrected chi connectivity index (χ3v) is 7.82. The molecule has 0 radical (unpaired) electrons. The minimum Gasteiger partial charge on any atom is -0.481 e. The lowest BCUT2D eigenvalue weighted by atomic mass is 9.53. The van der Waals surface area contributed by atoms with Crippen molar-refractivity contribution in [3.05, 3.63) is 34.8 Å². The van der Waals surface area contributed by atoms with Crippen molar-refractivity contribution < 1.29 is 33.4 Å². The van der Waals surface area contributed by atoms with E-state index in [4.69, 9.17) is 13.9 Å². The summed E-state index contributed by atoms with van der Waals surface area (Å²) in [6.45, 7) is 11.1. The Morgan fingerprint density at radius 2 is 2.00 bits per heavy atom. The highest BCUT2D eigenvalue weighted by Crippen LogP contribution is 2.60. The fourth-order valence-corrected chi connectivity index (χ4v) is 5.44. The average Bonchev–Trinajstić information content (AvgIpc) is 3.12. The minimum absolute atomic E-state index is 0.0872. The third-order valence-electron chi connectivity index (χ3n) is 7.82. The highest BCUT2D eigenvalue weighted by Gasteiger charge is 2.62. The van der Waals surface area contributed by atoms with Crippen LogP contribution in [0.15, 0.2) is 22.3 Å². The normalized spacial score (nSPS) is 30.1. The predicted octanol–water partition coefficient (Wildman–Crippen LogP) is 5.16. The van der Waals surface area contributed by atoms with Crippen molar-refractivity contribution in [1.29, 1.82) is 0 Å². The summed E-state index contributed by atoms with van der Waals surface area (Å²) in [5, 5.41) is 10.4. The van der Waals surface area contributed by atoms with Gasteiger partial charge in [0.1, 0.15) is 23.9 Å². The van der Waals surface area contributed by atoms with Crippen LogP contribution in [-0.2, 0) is 30.3 Å². The molecule has 1 heterocycles. The Balaban J connectivity index is 2.05. The molecule has 0 spiro atoms. The lowest BCUT2D eigenvalue weighted by Crippen LogP contribution is -2.56. The number of esters is 2. The van der Waals surface area contributed by atoms with Gasteiger partial charge in [-0.25, -0.2) is 4.79 Å². The molecule has 1 aromatic rings. The number of allylic oxidation sites excluding steroid dienone is 1. The summed E-state index contributed by atoms with van der Waals surface area (Å²) in [7, 11) is 0. The van der Waals surface area contributed by atoms with E-state index in [0.717, 1.165) is 23.3 Å². The van der Waals surface area contributed by atoms with Gasteiger partial charge in [-0.3, -0.25) is 9.59 Å². The molecule has 1 fully saturated rings. The van der Waals surface area contributed by atoms with E-state index in [1.54, 1.807) is 26.2 Å². The fraction of sp³-hybridized carbons (Fsp3) is 0.654. The van der Waals surface area contributed by atoms with Crippen molar-refractivity contribution in [1.82, 2.24) is 0 Å². The van der Waals surface area contributed by atoms with Gasteiger partial charge < -0.3 is 19.0 Å². The highest BCUT2D eigenvalue weighted by atomic mass is 16.6. The van der Waals surface area contributed by atoms with Crippen molar-refractivity contribution in [2.24, 2.45) is 23.2 Å². The number of aliphatic carboxylic acids is 1. The first-order valence-corrected chi connectivity index (χ1v) is 11.9. The molecule has 7 heteroatoms. The van der Waals surface area contributed by atoms with Gasteiger partial charge in [0.2, 0.25) is 0 Å². The Morgan fingerprint density at radius 1 is 1.30 bits per heavy atom. The largest absolute Gasteiger partial charge is 0.481 e. The molecule has 0 bridgehead atoms. The second-order valence-electron chi connectivity index (χ2n) is 9.92. The SMILES string of the molecule is CC=C(C)C(=O)OC1CCC2Cc3occ(C)c3C(OC(=O)CC(C)CC)C2(C)C1C(=O)O. The molecule has 0 amide bonds. The van der Waals surface area contributed by atoms with Gasteiger partial charge in [-0.15, -0.1) is 0 Å². The van der Waals surface area contributed by atoms with Gasteiger partial charge in [0, 0.05) is 29.4 Å². The lowest BCUT2D eigenvalue weighted by Gasteiger charge is -2.53. The van der Waals surface area contributed by atoms with Gasteiger partial charge in [0.25, 0.3) is 0 Å². The number of hydrogen-bond donors (Lipinski definition) is 1. The number of hydrogen-bond acceptors (Lipinski definition) is 6. The second kappa shape index (κ2) is 9.74. The number of carboxylic acid groups (broad SMARTS) is 1. The summed E-state index contributed by atoms with van der Waals surface area (Å²) in [6, 6.07) is 0. The number of rotatable bonds is 7. The molecule has 0 saturated heterocycles. The maximum Gasteiger partial charge on any atom is 0.333 e. The quantitative estimate of drug-likeness (QED) is 0.443. The first-order valence-electron chi connectivity index (χ1n) is 11.9. The second-order valence-corrected chi connectivity index (χ2v) is 9.92. The van der Waals surface area contributed by atoms with Crippen LogP contribution in [0.2, 0.25) is 0 Å². The van der Waals surface area contributed by atoms with E-state index in [1.165, 1.54) is 0 Å². The van der Waals surface area contributed by atoms with E-state index < -0.39 is 35.5 Å². The van der Waals surface area contributed by atoms with Crippen molar-refractivity contribution in [2.45, 2.75) is 85.9 Å². The van der Waals surface area contributed by atoms with Gasteiger partial charge in [-0.05, 0) is 51.0 Å². The summed E-state index contributed by atoms with van der Waals surface area (Å²) in [5.74, 6) is -2.11. The molecule has 182 valence electrons. The van der Waals surface area contributed by atoms with Crippen molar-refractivity contribution in [3.63, 3.8) is 0 Å². The van der Waals surface area contributed by atoms with E-state index in [2.05, 4.69) is 0 Å². The number of carbonyl (C=O) groups excluding carboxylic acids is 2. The molecule has 1 aromatic heterocycles. The Kier molecular flexibility index (Phi) is 7.39. The van der Waals surface area contributed by atoms with Crippen LogP contribution in [-0.4, -0.2) is 29.1 Å². The van der Waals surface area contributed by atoms with Crippen LogP contribution in [0, 0.1) is 30.1 Å². The van der Waals surface area contributed by atoms with Crippen LogP contribution < -0.4 is 0 Å². The molecular weight excluding hydrogens is 424 g/mol. The van der Waals surface area contributed by atoms with E-state index in [-0.39, 0.29) is 24.2 Å². The first-order chi connectivity index (χ1) is 15.5. The zero-order chi connectivity index (χ0) is 24.5. The van der Waals surface area contributed by atoms with Crippen LogP contribution in [0.3, 0.4) is 0 Å². The Bertz CT molecular complexity index is 942. The molecule has 2 aliphatic rings. The van der Waals surface area contributed by atoms with Crippen molar-refractivity contribution >= 4 is 17.9 Å². The molecule has 0 aliphatic heterocycles. The van der Waals surface area contributed by atoms with Crippen LogP contribution in [0.5, 0.6) is 0 Å². The van der Waals surface area contributed by atoms with Crippen LogP contribution >= 0.6 is 0 Å². The average molecular weight is 461 g/mol. The van der Waals surface area contributed by atoms with Gasteiger partial charge >= 0.3 is 17.9 Å². The monoisotopic (exact) mass is 460 g/mol. The van der Waals surface area contributed by atoms with Gasteiger partial charge in [0.15, 0.2) is 0 Å². The van der Waals surface area contributed by atoms with Crippen LogP contribution in [0.4, 0.5) is 0 Å². The number of carbonyl (C=O) groups is 3.